The molecular formula is C16H17ClN6. The fraction of sp³-hybridized carbons (Fsp3) is 0.188. The summed E-state index contributed by atoms with van der Waals surface area (Å²) >= 11 is 5.63. The zero-order valence-corrected chi connectivity index (χ0v) is 13.7. The van der Waals surface area contributed by atoms with E-state index in [-0.39, 0.29) is 5.88 Å². The Morgan fingerprint density at radius 3 is 2.57 bits per heavy atom. The Kier molecular flexibility index (Phi) is 4.16. The zero-order valence-electron chi connectivity index (χ0n) is 12.9. The molecule has 7 heteroatoms. The fourth-order valence-electron chi connectivity index (χ4n) is 2.34. The number of amidine groups is 1. The highest BCUT2D eigenvalue weighted by Crippen LogP contribution is 2.22. The van der Waals surface area contributed by atoms with Gasteiger partial charge in [-0.3, -0.25) is 4.68 Å². The van der Waals surface area contributed by atoms with Crippen molar-refractivity contribution >= 4 is 23.1 Å². The average molecular weight is 329 g/mol. The van der Waals surface area contributed by atoms with Gasteiger partial charge in [-0.1, -0.05) is 0 Å². The molecule has 0 unspecified atom stereocenters. The summed E-state index contributed by atoms with van der Waals surface area (Å²) in [6.45, 7) is 1.97. The van der Waals surface area contributed by atoms with Crippen molar-refractivity contribution in [3.63, 3.8) is 0 Å². The van der Waals surface area contributed by atoms with Crippen LogP contribution in [0.15, 0.2) is 47.7 Å². The Bertz CT molecular complexity index is 844. The van der Waals surface area contributed by atoms with Crippen LogP contribution in [0, 0.1) is 6.92 Å². The number of aromatic nitrogens is 4. The van der Waals surface area contributed by atoms with Crippen molar-refractivity contribution in [2.24, 2.45) is 17.8 Å². The average Bonchev–Trinajstić information content (AvgIpc) is 3.14. The van der Waals surface area contributed by atoms with Gasteiger partial charge >= 0.3 is 0 Å². The molecule has 0 bridgehead atoms. The van der Waals surface area contributed by atoms with Crippen molar-refractivity contribution in [2.75, 3.05) is 5.88 Å². The largest absolute Gasteiger partial charge is 0.386 e. The highest BCUT2D eigenvalue weighted by atomic mass is 35.5. The Morgan fingerprint density at radius 2 is 1.96 bits per heavy atom. The van der Waals surface area contributed by atoms with Crippen LogP contribution in [0.4, 0.5) is 5.69 Å². The third-order valence-electron chi connectivity index (χ3n) is 3.40. The fourth-order valence-corrected chi connectivity index (χ4v) is 2.40. The van der Waals surface area contributed by atoms with E-state index in [0.717, 1.165) is 28.3 Å². The number of nitrogens with two attached hydrogens (primary N) is 1. The summed E-state index contributed by atoms with van der Waals surface area (Å²) in [6.07, 6.45) is 3.89. The van der Waals surface area contributed by atoms with Crippen LogP contribution in [0.25, 0.3) is 16.9 Å². The quantitative estimate of drug-likeness (QED) is 0.454. The van der Waals surface area contributed by atoms with Crippen LogP contribution >= 0.6 is 11.6 Å². The number of nitrogens with zero attached hydrogens (tertiary/aromatic N) is 5. The molecule has 0 radical (unpaired) electrons. The molecule has 0 aliphatic heterocycles. The summed E-state index contributed by atoms with van der Waals surface area (Å²) in [7, 11) is 1.90. The van der Waals surface area contributed by atoms with Gasteiger partial charge in [0, 0.05) is 25.0 Å². The van der Waals surface area contributed by atoms with Crippen molar-refractivity contribution in [2.45, 2.75) is 6.92 Å². The van der Waals surface area contributed by atoms with Gasteiger partial charge in [0.1, 0.15) is 5.84 Å². The van der Waals surface area contributed by atoms with Gasteiger partial charge in [0.05, 0.1) is 28.6 Å². The molecule has 3 aromatic rings. The smallest absolute Gasteiger partial charge is 0.115 e. The van der Waals surface area contributed by atoms with Gasteiger partial charge in [0.15, 0.2) is 0 Å². The number of halogens is 1. The summed E-state index contributed by atoms with van der Waals surface area (Å²) in [5.74, 6) is 0.613. The Balaban J connectivity index is 1.87. The van der Waals surface area contributed by atoms with Crippen LogP contribution < -0.4 is 5.73 Å². The van der Waals surface area contributed by atoms with Crippen LogP contribution in [0.3, 0.4) is 0 Å². The van der Waals surface area contributed by atoms with Gasteiger partial charge in [-0.25, -0.2) is 9.67 Å². The SMILES string of the molecule is Cc1nn(C)cc1-c1ccn(-c2ccc(N=C(N)CCl)cc2)n1. The number of rotatable bonds is 4. The molecule has 2 heterocycles. The molecule has 23 heavy (non-hydrogen) atoms. The summed E-state index contributed by atoms with van der Waals surface area (Å²) < 4.78 is 3.61. The third-order valence-corrected chi connectivity index (χ3v) is 3.68. The van der Waals surface area contributed by atoms with E-state index in [1.807, 2.05) is 61.4 Å². The lowest BCUT2D eigenvalue weighted by molar-refractivity contribution is 0.756. The number of hydrogen-bond acceptors (Lipinski definition) is 3. The molecule has 0 atom stereocenters. The molecule has 0 spiro atoms. The van der Waals surface area contributed by atoms with E-state index in [1.54, 1.807) is 4.68 Å². The number of hydrogen-bond donors (Lipinski definition) is 1. The number of aryl methyl sites for hydroxylation is 2. The van der Waals surface area contributed by atoms with Crippen molar-refractivity contribution in [1.29, 1.82) is 0 Å². The van der Waals surface area contributed by atoms with Gasteiger partial charge in [0.25, 0.3) is 0 Å². The van der Waals surface area contributed by atoms with Gasteiger partial charge in [0.2, 0.25) is 0 Å². The minimum absolute atomic E-state index is 0.217. The molecule has 0 saturated carbocycles. The van der Waals surface area contributed by atoms with E-state index in [1.165, 1.54) is 0 Å². The molecule has 0 saturated heterocycles. The standard InChI is InChI=1S/C16H17ClN6/c1-11-14(10-22(2)20-11)15-7-8-23(21-15)13-5-3-12(4-6-13)19-16(18)9-17/h3-8,10H,9H2,1-2H3,(H2,18,19). The van der Waals surface area contributed by atoms with Crippen molar-refractivity contribution < 1.29 is 0 Å². The summed E-state index contributed by atoms with van der Waals surface area (Å²) in [6, 6.07) is 9.61. The molecular weight excluding hydrogens is 312 g/mol. The molecule has 0 fully saturated rings. The molecule has 2 aromatic heterocycles. The Hall–Kier alpha value is -2.60. The van der Waals surface area contributed by atoms with E-state index in [4.69, 9.17) is 17.3 Å². The lowest BCUT2D eigenvalue weighted by Gasteiger charge is -2.02. The van der Waals surface area contributed by atoms with Crippen LogP contribution in [-0.2, 0) is 7.05 Å². The lowest BCUT2D eigenvalue weighted by Crippen LogP contribution is -2.12. The first-order valence-electron chi connectivity index (χ1n) is 7.12. The monoisotopic (exact) mass is 328 g/mol. The predicted octanol–water partition coefficient (Wildman–Crippen LogP) is 2.81. The minimum Gasteiger partial charge on any atom is -0.386 e. The Morgan fingerprint density at radius 1 is 1.22 bits per heavy atom. The maximum atomic E-state index is 5.63. The summed E-state index contributed by atoms with van der Waals surface area (Å²) in [4.78, 5) is 4.20. The van der Waals surface area contributed by atoms with E-state index < -0.39 is 0 Å². The second-order valence-electron chi connectivity index (χ2n) is 5.20. The molecule has 2 N–H and O–H groups in total. The van der Waals surface area contributed by atoms with Crippen molar-refractivity contribution in [1.82, 2.24) is 19.6 Å². The zero-order chi connectivity index (χ0) is 16.4. The van der Waals surface area contributed by atoms with E-state index in [2.05, 4.69) is 15.2 Å². The highest BCUT2D eigenvalue weighted by Gasteiger charge is 2.09. The first-order valence-corrected chi connectivity index (χ1v) is 7.66. The highest BCUT2D eigenvalue weighted by molar-refractivity contribution is 6.28. The third kappa shape index (κ3) is 3.27. The number of alkyl halides is 1. The van der Waals surface area contributed by atoms with Crippen LogP contribution in [0.5, 0.6) is 0 Å². The Labute approximate surface area is 139 Å². The van der Waals surface area contributed by atoms with Gasteiger partial charge < -0.3 is 5.73 Å². The summed E-state index contributed by atoms with van der Waals surface area (Å²) in [5, 5.41) is 8.96. The maximum absolute atomic E-state index is 5.63. The lowest BCUT2D eigenvalue weighted by atomic mass is 10.2. The molecule has 0 amide bonds. The second kappa shape index (κ2) is 6.26. The van der Waals surface area contributed by atoms with Crippen LogP contribution in [-0.4, -0.2) is 31.3 Å². The first kappa shape index (κ1) is 15.3. The topological polar surface area (TPSA) is 74.0 Å². The normalized spacial score (nSPS) is 11.9. The molecule has 0 aliphatic carbocycles. The predicted molar refractivity (Wildman–Crippen MR) is 92.5 cm³/mol. The molecule has 1 aromatic carbocycles. The van der Waals surface area contributed by atoms with Crippen LogP contribution in [0.2, 0.25) is 0 Å². The van der Waals surface area contributed by atoms with Gasteiger partial charge in [-0.2, -0.15) is 10.2 Å². The van der Waals surface area contributed by atoms with E-state index >= 15 is 0 Å². The maximum Gasteiger partial charge on any atom is 0.115 e. The first-order chi connectivity index (χ1) is 11.1. The van der Waals surface area contributed by atoms with Gasteiger partial charge in [-0.05, 0) is 37.3 Å². The number of benzene rings is 1. The van der Waals surface area contributed by atoms with Crippen molar-refractivity contribution in [3.8, 4) is 16.9 Å². The molecule has 3 rings (SSSR count). The van der Waals surface area contributed by atoms with Crippen molar-refractivity contribution in [3.05, 3.63) is 48.4 Å². The van der Waals surface area contributed by atoms with E-state index in [9.17, 15) is 0 Å². The molecule has 118 valence electrons. The van der Waals surface area contributed by atoms with Crippen LogP contribution in [0.1, 0.15) is 5.69 Å². The molecule has 0 aliphatic rings. The second-order valence-corrected chi connectivity index (χ2v) is 5.47. The minimum atomic E-state index is 0.217. The summed E-state index contributed by atoms with van der Waals surface area (Å²) in [5.41, 5.74) is 10.2. The number of aliphatic imine (C=N–C) groups is 1. The van der Waals surface area contributed by atoms with Gasteiger partial charge in [-0.15, -0.1) is 11.6 Å². The molecule has 6 nitrogen and oxygen atoms in total. The van der Waals surface area contributed by atoms with E-state index in [0.29, 0.717) is 5.84 Å².